The summed E-state index contributed by atoms with van der Waals surface area (Å²) in [6.07, 6.45) is 3.93. The minimum Gasteiger partial charge on any atom is -0.495 e. The number of amides is 1. The van der Waals surface area contributed by atoms with Gasteiger partial charge in [-0.2, -0.15) is 5.10 Å². The molecule has 6 nitrogen and oxygen atoms in total. The fraction of sp³-hybridized carbons (Fsp3) is 0.375. The van der Waals surface area contributed by atoms with Gasteiger partial charge in [-0.05, 0) is 37.6 Å². The Labute approximate surface area is 133 Å². The van der Waals surface area contributed by atoms with Gasteiger partial charge in [0.2, 0.25) is 0 Å². The number of rotatable bonds is 4. The van der Waals surface area contributed by atoms with Crippen LogP contribution in [0.15, 0.2) is 30.5 Å². The minimum atomic E-state index is -0.445. The summed E-state index contributed by atoms with van der Waals surface area (Å²) in [7, 11) is 1.47. The first-order valence-corrected chi connectivity index (χ1v) is 7.58. The van der Waals surface area contributed by atoms with E-state index in [4.69, 9.17) is 4.74 Å². The average Bonchev–Trinajstić information content (AvgIpc) is 3.06. The van der Waals surface area contributed by atoms with Gasteiger partial charge in [0, 0.05) is 18.8 Å². The second kappa shape index (κ2) is 6.78. The van der Waals surface area contributed by atoms with Gasteiger partial charge < -0.3 is 15.4 Å². The van der Waals surface area contributed by atoms with Gasteiger partial charge in [-0.1, -0.05) is 0 Å². The Morgan fingerprint density at radius 1 is 1.48 bits per heavy atom. The Kier molecular flexibility index (Phi) is 4.57. The number of anilines is 1. The van der Waals surface area contributed by atoms with E-state index in [1.807, 2.05) is 4.68 Å². The molecule has 1 saturated heterocycles. The number of benzene rings is 1. The quantitative estimate of drug-likeness (QED) is 0.907. The third-order valence-electron chi connectivity index (χ3n) is 3.90. The van der Waals surface area contributed by atoms with Crippen molar-refractivity contribution in [3.05, 3.63) is 42.0 Å². The van der Waals surface area contributed by atoms with Crippen LogP contribution in [0.4, 0.5) is 10.1 Å². The lowest BCUT2D eigenvalue weighted by Crippen LogP contribution is -2.32. The fourth-order valence-corrected chi connectivity index (χ4v) is 2.69. The summed E-state index contributed by atoms with van der Waals surface area (Å²) in [4.78, 5) is 12.3. The van der Waals surface area contributed by atoms with E-state index in [9.17, 15) is 9.18 Å². The number of nitrogens with one attached hydrogen (secondary N) is 2. The first kappa shape index (κ1) is 15.5. The molecule has 0 spiro atoms. The minimum absolute atomic E-state index is 0.258. The van der Waals surface area contributed by atoms with Gasteiger partial charge >= 0.3 is 0 Å². The molecule has 0 saturated carbocycles. The van der Waals surface area contributed by atoms with E-state index in [0.29, 0.717) is 11.4 Å². The number of methoxy groups -OCH3 is 1. The number of hydrogen-bond acceptors (Lipinski definition) is 4. The highest BCUT2D eigenvalue weighted by Gasteiger charge is 2.18. The lowest BCUT2D eigenvalue weighted by atomic mass is 10.1. The summed E-state index contributed by atoms with van der Waals surface area (Å²) in [6, 6.07) is 5.89. The smallest absolute Gasteiger partial charge is 0.276 e. The van der Waals surface area contributed by atoms with Crippen LogP contribution < -0.4 is 15.4 Å². The summed E-state index contributed by atoms with van der Waals surface area (Å²) in [5, 5.41) is 10.3. The van der Waals surface area contributed by atoms with Crippen molar-refractivity contribution >= 4 is 11.6 Å². The summed E-state index contributed by atoms with van der Waals surface area (Å²) >= 11 is 0. The maximum Gasteiger partial charge on any atom is 0.276 e. The first-order chi connectivity index (χ1) is 11.2. The van der Waals surface area contributed by atoms with E-state index in [1.165, 1.54) is 25.3 Å². The molecule has 1 aliphatic heterocycles. The van der Waals surface area contributed by atoms with Crippen molar-refractivity contribution < 1.29 is 13.9 Å². The van der Waals surface area contributed by atoms with E-state index >= 15 is 0 Å². The first-order valence-electron chi connectivity index (χ1n) is 7.58. The standard InChI is InChI=1S/C16H19FN4O2/c1-23-15-5-4-11(17)9-14(15)19-16(22)13-6-8-21(20-13)12-3-2-7-18-10-12/h4-6,8-9,12,18H,2-3,7,10H2,1H3,(H,19,22). The summed E-state index contributed by atoms with van der Waals surface area (Å²) < 4.78 is 20.3. The number of piperidine rings is 1. The molecule has 1 atom stereocenters. The summed E-state index contributed by atoms with van der Waals surface area (Å²) in [5.74, 6) is -0.438. The van der Waals surface area contributed by atoms with Crippen LogP contribution in [-0.2, 0) is 0 Å². The Hall–Kier alpha value is -2.41. The molecule has 1 fully saturated rings. The van der Waals surface area contributed by atoms with Crippen molar-refractivity contribution in [1.82, 2.24) is 15.1 Å². The van der Waals surface area contributed by atoms with E-state index in [0.717, 1.165) is 25.9 Å². The molecule has 3 rings (SSSR count). The Morgan fingerprint density at radius 2 is 2.35 bits per heavy atom. The van der Waals surface area contributed by atoms with Gasteiger partial charge in [-0.15, -0.1) is 0 Å². The Bertz CT molecular complexity index is 695. The number of halogens is 1. The van der Waals surface area contributed by atoms with Crippen LogP contribution >= 0.6 is 0 Å². The number of hydrogen-bond donors (Lipinski definition) is 2. The predicted octanol–water partition coefficient (Wildman–Crippen LogP) is 2.21. The molecule has 7 heteroatoms. The Balaban J connectivity index is 1.73. The van der Waals surface area contributed by atoms with Crippen LogP contribution in [-0.4, -0.2) is 35.9 Å². The van der Waals surface area contributed by atoms with E-state index in [1.54, 1.807) is 12.3 Å². The molecule has 0 radical (unpaired) electrons. The zero-order valence-corrected chi connectivity index (χ0v) is 12.9. The van der Waals surface area contributed by atoms with Gasteiger partial charge in [0.05, 0.1) is 18.8 Å². The van der Waals surface area contributed by atoms with Crippen molar-refractivity contribution in [3.63, 3.8) is 0 Å². The molecule has 1 aliphatic rings. The molecule has 1 unspecified atom stereocenters. The van der Waals surface area contributed by atoms with Gasteiger partial charge in [0.15, 0.2) is 5.69 Å². The molecule has 122 valence electrons. The number of nitrogens with zero attached hydrogens (tertiary/aromatic N) is 2. The van der Waals surface area contributed by atoms with Gasteiger partial charge in [0.25, 0.3) is 5.91 Å². The van der Waals surface area contributed by atoms with E-state index in [-0.39, 0.29) is 11.7 Å². The molecule has 0 bridgehead atoms. The van der Waals surface area contributed by atoms with Crippen LogP contribution in [0.5, 0.6) is 5.75 Å². The molecule has 2 heterocycles. The van der Waals surface area contributed by atoms with Crippen molar-refractivity contribution in [2.24, 2.45) is 0 Å². The molecule has 1 amide bonds. The molecule has 0 aliphatic carbocycles. The maximum absolute atomic E-state index is 13.3. The predicted molar refractivity (Wildman–Crippen MR) is 84.3 cm³/mol. The molecular weight excluding hydrogens is 299 g/mol. The van der Waals surface area contributed by atoms with Crippen LogP contribution in [0.3, 0.4) is 0 Å². The maximum atomic E-state index is 13.3. The highest BCUT2D eigenvalue weighted by atomic mass is 19.1. The third kappa shape index (κ3) is 3.50. The second-order valence-electron chi connectivity index (χ2n) is 5.48. The largest absolute Gasteiger partial charge is 0.495 e. The number of carbonyl (C=O) groups excluding carboxylic acids is 1. The zero-order valence-electron chi connectivity index (χ0n) is 12.9. The lowest BCUT2D eigenvalue weighted by molar-refractivity contribution is 0.102. The molecule has 2 aromatic rings. The average molecular weight is 318 g/mol. The molecule has 23 heavy (non-hydrogen) atoms. The SMILES string of the molecule is COc1ccc(F)cc1NC(=O)c1ccn(C2CCCNC2)n1. The zero-order chi connectivity index (χ0) is 16.2. The van der Waals surface area contributed by atoms with Crippen molar-refractivity contribution in [1.29, 1.82) is 0 Å². The summed E-state index contributed by atoms with van der Waals surface area (Å²) in [5.41, 5.74) is 0.577. The normalized spacial score (nSPS) is 17.7. The van der Waals surface area contributed by atoms with Crippen LogP contribution in [0.2, 0.25) is 0 Å². The fourth-order valence-electron chi connectivity index (χ4n) is 2.69. The van der Waals surface area contributed by atoms with Crippen molar-refractivity contribution in [2.75, 3.05) is 25.5 Å². The molecule has 2 N–H and O–H groups in total. The van der Waals surface area contributed by atoms with Gasteiger partial charge in [-0.3, -0.25) is 9.48 Å². The molecule has 1 aromatic carbocycles. The highest BCUT2D eigenvalue weighted by Crippen LogP contribution is 2.25. The van der Waals surface area contributed by atoms with Crippen LogP contribution in [0.1, 0.15) is 29.4 Å². The number of aromatic nitrogens is 2. The lowest BCUT2D eigenvalue weighted by Gasteiger charge is -2.22. The van der Waals surface area contributed by atoms with Crippen molar-refractivity contribution in [2.45, 2.75) is 18.9 Å². The highest BCUT2D eigenvalue weighted by molar-refractivity contribution is 6.03. The van der Waals surface area contributed by atoms with Gasteiger partial charge in [-0.25, -0.2) is 4.39 Å². The monoisotopic (exact) mass is 318 g/mol. The Morgan fingerprint density at radius 3 is 3.09 bits per heavy atom. The second-order valence-corrected chi connectivity index (χ2v) is 5.48. The van der Waals surface area contributed by atoms with Crippen molar-refractivity contribution in [3.8, 4) is 5.75 Å². The van der Waals surface area contributed by atoms with Crippen LogP contribution in [0, 0.1) is 5.82 Å². The molecule has 1 aromatic heterocycles. The van der Waals surface area contributed by atoms with Crippen LogP contribution in [0.25, 0.3) is 0 Å². The molecular formula is C16H19FN4O2. The number of carbonyl (C=O) groups is 1. The summed E-state index contributed by atoms with van der Waals surface area (Å²) in [6.45, 7) is 1.87. The van der Waals surface area contributed by atoms with E-state index in [2.05, 4.69) is 15.7 Å². The van der Waals surface area contributed by atoms with Gasteiger partial charge in [0.1, 0.15) is 11.6 Å². The van der Waals surface area contributed by atoms with E-state index < -0.39 is 11.7 Å². The topological polar surface area (TPSA) is 68.2 Å². The third-order valence-corrected chi connectivity index (χ3v) is 3.90. The number of ether oxygens (including phenoxy) is 1.